The average Bonchev–Trinajstić information content (AvgIpc) is 3.79. The van der Waals surface area contributed by atoms with Crippen LogP contribution in [-0.4, -0.2) is 96.1 Å². The highest BCUT2D eigenvalue weighted by molar-refractivity contribution is 9.10. The van der Waals surface area contributed by atoms with Crippen LogP contribution in [0.3, 0.4) is 0 Å². The van der Waals surface area contributed by atoms with Crippen molar-refractivity contribution < 1.29 is 19.1 Å². The molecular formula is C41H60BrN11O4Si2. The molecule has 0 aliphatic carbocycles. The predicted octanol–water partition coefficient (Wildman–Crippen LogP) is 8.35. The van der Waals surface area contributed by atoms with Crippen molar-refractivity contribution in [3.8, 4) is 5.82 Å². The second-order valence-corrected chi connectivity index (χ2v) is 31.4. The number of hydrogen-bond acceptors (Lipinski definition) is 10. The van der Waals surface area contributed by atoms with Crippen LogP contribution in [0.15, 0.2) is 47.9 Å². The highest BCUT2D eigenvalue weighted by atomic mass is 79.9. The number of nitrogens with one attached hydrogen (secondary N) is 2. The summed E-state index contributed by atoms with van der Waals surface area (Å²) in [5, 5.41) is 11.4. The summed E-state index contributed by atoms with van der Waals surface area (Å²) >= 11 is 3.33. The van der Waals surface area contributed by atoms with Crippen molar-refractivity contribution in [1.29, 1.82) is 0 Å². The molecule has 0 bridgehead atoms. The molecule has 318 valence electrons. The van der Waals surface area contributed by atoms with E-state index < -0.39 is 16.1 Å². The lowest BCUT2D eigenvalue weighted by atomic mass is 10.1. The number of hydrogen-bond donors (Lipinski definition) is 2. The van der Waals surface area contributed by atoms with E-state index in [1.807, 2.05) is 63.7 Å². The largest absolute Gasteiger partial charge is 0.361 e. The van der Waals surface area contributed by atoms with E-state index in [9.17, 15) is 9.59 Å². The van der Waals surface area contributed by atoms with E-state index in [1.54, 1.807) is 41.9 Å². The zero-order valence-corrected chi connectivity index (χ0v) is 40.4. The Bertz CT molecular complexity index is 2430. The number of nitrogens with zero attached hydrogens (tertiary/aromatic N) is 9. The minimum Gasteiger partial charge on any atom is -0.361 e. The van der Waals surface area contributed by atoms with Gasteiger partial charge in [-0.05, 0) is 88.1 Å². The molecule has 15 nitrogen and oxygen atoms in total. The van der Waals surface area contributed by atoms with Gasteiger partial charge >= 0.3 is 0 Å². The minimum atomic E-state index is -1.19. The molecule has 2 N–H and O–H groups in total. The van der Waals surface area contributed by atoms with Gasteiger partial charge in [0, 0.05) is 64.4 Å². The van der Waals surface area contributed by atoms with E-state index >= 15 is 0 Å². The number of amides is 2. The summed E-state index contributed by atoms with van der Waals surface area (Å²) in [4.78, 5) is 48.6. The summed E-state index contributed by atoms with van der Waals surface area (Å²) in [6, 6.07) is 4.19. The lowest BCUT2D eigenvalue weighted by Crippen LogP contribution is -2.40. The molecule has 6 rings (SSSR count). The van der Waals surface area contributed by atoms with Gasteiger partial charge in [-0.2, -0.15) is 9.78 Å². The zero-order chi connectivity index (χ0) is 43.5. The van der Waals surface area contributed by atoms with Crippen molar-refractivity contribution in [3.05, 3.63) is 64.5 Å². The average molecular weight is 907 g/mol. The molecular weight excluding hydrogens is 847 g/mol. The van der Waals surface area contributed by atoms with Gasteiger partial charge in [0.25, 0.3) is 11.8 Å². The first-order chi connectivity index (χ1) is 27.4. The van der Waals surface area contributed by atoms with E-state index in [-0.39, 0.29) is 22.9 Å². The summed E-state index contributed by atoms with van der Waals surface area (Å²) < 4.78 is 17.7. The van der Waals surface area contributed by atoms with Gasteiger partial charge in [0.2, 0.25) is 0 Å². The Morgan fingerprint density at radius 2 is 1.17 bits per heavy atom. The third-order valence-electron chi connectivity index (χ3n) is 8.77. The number of pyridine rings is 1. The number of fused-ring (bicyclic) bond motifs is 3. The molecule has 0 aromatic carbocycles. The highest BCUT2D eigenvalue weighted by Gasteiger charge is 2.24. The van der Waals surface area contributed by atoms with Crippen molar-refractivity contribution in [2.45, 2.75) is 124 Å². The van der Waals surface area contributed by atoms with Crippen molar-refractivity contribution >= 4 is 77.3 Å². The van der Waals surface area contributed by atoms with Crippen molar-refractivity contribution in [2.75, 3.05) is 13.2 Å². The predicted molar refractivity (Wildman–Crippen MR) is 243 cm³/mol. The summed E-state index contributed by atoms with van der Waals surface area (Å²) in [5.41, 5.74) is 4.32. The van der Waals surface area contributed by atoms with Crippen LogP contribution in [0.2, 0.25) is 51.4 Å². The van der Waals surface area contributed by atoms with E-state index in [0.717, 1.165) is 23.0 Å². The third kappa shape index (κ3) is 12.8. The van der Waals surface area contributed by atoms with Gasteiger partial charge in [0.15, 0.2) is 22.8 Å². The van der Waals surface area contributed by atoms with E-state index in [0.29, 0.717) is 76.2 Å². The summed E-state index contributed by atoms with van der Waals surface area (Å²) in [7, 11) is -2.32. The normalized spacial score (nSPS) is 12.6. The molecule has 18 heteroatoms. The molecule has 6 aromatic heterocycles. The SMILES string of the molecule is CC(C)(C)NC(=O)c1cn(COCC[Si](C)(C)C)c2ncc(Br)nc12.Cc1cnc2c(cnn2-c2cnc3c(n2)c(C(=O)NC(C)(C)C)cn3COCC[Si](C)(C)C)c1. The van der Waals surface area contributed by atoms with Gasteiger partial charge in [-0.25, -0.2) is 24.9 Å². The Kier molecular flexibility index (Phi) is 14.0. The molecule has 0 spiro atoms. The van der Waals surface area contributed by atoms with Crippen LogP contribution in [0, 0.1) is 6.92 Å². The molecule has 59 heavy (non-hydrogen) atoms. The molecule has 2 amide bonds. The van der Waals surface area contributed by atoms with Gasteiger partial charge in [-0.3, -0.25) is 9.59 Å². The fourth-order valence-corrected chi connectivity index (χ4v) is 7.59. The number of carbonyl (C=O) groups is 2. The first-order valence-electron chi connectivity index (χ1n) is 19.9. The maximum absolute atomic E-state index is 13.1. The number of aryl methyl sites for hydroxylation is 1. The fourth-order valence-electron chi connectivity index (χ4n) is 5.80. The van der Waals surface area contributed by atoms with E-state index in [1.165, 1.54) is 0 Å². The van der Waals surface area contributed by atoms with Crippen LogP contribution in [0.5, 0.6) is 0 Å². The molecule has 0 aliphatic rings. The van der Waals surface area contributed by atoms with Crippen molar-refractivity contribution in [3.63, 3.8) is 0 Å². The Balaban J connectivity index is 0.000000236. The Morgan fingerprint density at radius 1 is 0.695 bits per heavy atom. The Morgan fingerprint density at radius 3 is 1.66 bits per heavy atom. The smallest absolute Gasteiger partial charge is 0.255 e. The molecule has 0 saturated heterocycles. The van der Waals surface area contributed by atoms with Gasteiger partial charge in [-0.1, -0.05) is 39.3 Å². The molecule has 0 aliphatic heterocycles. The van der Waals surface area contributed by atoms with Crippen LogP contribution in [-0.2, 0) is 22.9 Å². The summed E-state index contributed by atoms with van der Waals surface area (Å²) in [6.07, 6.45) is 10.4. The van der Waals surface area contributed by atoms with Crippen LogP contribution in [0.25, 0.3) is 39.2 Å². The van der Waals surface area contributed by atoms with Gasteiger partial charge in [0.05, 0.1) is 29.7 Å². The van der Waals surface area contributed by atoms with Crippen LogP contribution in [0.1, 0.15) is 67.8 Å². The van der Waals surface area contributed by atoms with Gasteiger partial charge in [-0.15, -0.1) is 0 Å². The van der Waals surface area contributed by atoms with Crippen molar-refractivity contribution in [1.82, 2.24) is 54.5 Å². The van der Waals surface area contributed by atoms with Crippen LogP contribution >= 0.6 is 15.9 Å². The van der Waals surface area contributed by atoms with Crippen LogP contribution in [0.4, 0.5) is 0 Å². The zero-order valence-electron chi connectivity index (χ0n) is 36.8. The molecule has 0 fully saturated rings. The topological polar surface area (TPSA) is 169 Å². The first-order valence-corrected chi connectivity index (χ1v) is 28.1. The van der Waals surface area contributed by atoms with Gasteiger partial charge < -0.3 is 29.2 Å². The summed E-state index contributed by atoms with van der Waals surface area (Å²) in [5.74, 6) is 0.135. The van der Waals surface area contributed by atoms with E-state index in [4.69, 9.17) is 14.5 Å². The molecule has 0 saturated carbocycles. The number of halogens is 1. The first kappa shape index (κ1) is 45.7. The highest BCUT2D eigenvalue weighted by Crippen LogP contribution is 2.24. The molecule has 0 radical (unpaired) electrons. The molecule has 0 unspecified atom stereocenters. The number of ether oxygens (including phenoxy) is 2. The standard InChI is InChI=1S/C24H33N7O2Si.C17H27BrN4O2Si/c1-16-10-17-12-27-31(21(17)25-11-16)19-13-26-22-20(28-19)18(23(32)29-24(2,3)4)14-30(22)15-33-8-9-34(5,6)7;1-17(2,3)21-16(23)12-10-22(11-24-7-8-25(4,5)6)15-14(12)20-13(18)9-19-15/h10-14H,8-9,15H2,1-7H3,(H,29,32);9-10H,7-8,11H2,1-6H3,(H,21,23). The number of carbonyl (C=O) groups excluding carboxylic acids is 2. The van der Waals surface area contributed by atoms with Crippen LogP contribution < -0.4 is 10.6 Å². The number of aromatic nitrogens is 9. The molecule has 0 atom stereocenters. The number of rotatable bonds is 13. The van der Waals surface area contributed by atoms with E-state index in [2.05, 4.69) is 90.9 Å². The minimum absolute atomic E-state index is 0.161. The summed E-state index contributed by atoms with van der Waals surface area (Å²) in [6.45, 7) is 29.7. The molecule has 6 aromatic rings. The molecule has 6 heterocycles. The monoisotopic (exact) mass is 905 g/mol. The third-order valence-corrected chi connectivity index (χ3v) is 12.6. The maximum Gasteiger partial charge on any atom is 0.255 e. The Labute approximate surface area is 357 Å². The quantitative estimate of drug-likeness (QED) is 0.0849. The lowest BCUT2D eigenvalue weighted by molar-refractivity contribution is 0.0879. The Hall–Kier alpha value is -4.37. The fraction of sp³-hybridized carbons (Fsp3) is 0.512. The van der Waals surface area contributed by atoms with Gasteiger partial charge in [0.1, 0.15) is 29.1 Å². The maximum atomic E-state index is 13.1. The second kappa shape index (κ2) is 18.1. The van der Waals surface area contributed by atoms with Crippen molar-refractivity contribution in [2.24, 2.45) is 0 Å². The lowest BCUT2D eigenvalue weighted by Gasteiger charge is -2.20. The second-order valence-electron chi connectivity index (χ2n) is 19.4.